The molecule has 0 spiro atoms. The van der Waals surface area contributed by atoms with E-state index in [1.165, 1.54) is 12.1 Å². The third-order valence-electron chi connectivity index (χ3n) is 4.14. The number of aryl methyl sites for hydroxylation is 2. The molecule has 0 saturated carbocycles. The van der Waals surface area contributed by atoms with Crippen molar-refractivity contribution in [2.75, 3.05) is 16.6 Å². The van der Waals surface area contributed by atoms with E-state index in [-0.39, 0.29) is 17.4 Å². The van der Waals surface area contributed by atoms with Crippen molar-refractivity contribution in [1.29, 1.82) is 0 Å². The van der Waals surface area contributed by atoms with E-state index >= 15 is 0 Å². The van der Waals surface area contributed by atoms with Crippen molar-refractivity contribution < 1.29 is 17.9 Å². The highest BCUT2D eigenvalue weighted by atomic mass is 32.2. The van der Waals surface area contributed by atoms with Crippen LogP contribution in [0.1, 0.15) is 11.1 Å². The second-order valence-electron chi connectivity index (χ2n) is 6.61. The van der Waals surface area contributed by atoms with E-state index in [0.29, 0.717) is 22.7 Å². The summed E-state index contributed by atoms with van der Waals surface area (Å²) in [5.74, 6) is 0.153. The van der Waals surface area contributed by atoms with E-state index in [1.807, 2.05) is 31.2 Å². The SMILES string of the molecule is Cc1cccc(NC(=O)COc2ccc(S(=O)(=O)Nc3ccccc3)cc2C)c1. The Kier molecular flexibility index (Phi) is 6.19. The van der Waals surface area contributed by atoms with Gasteiger partial charge in [-0.1, -0.05) is 30.3 Å². The van der Waals surface area contributed by atoms with Crippen LogP contribution in [-0.2, 0) is 14.8 Å². The van der Waals surface area contributed by atoms with E-state index in [2.05, 4.69) is 10.0 Å². The Morgan fingerprint density at radius 2 is 1.62 bits per heavy atom. The van der Waals surface area contributed by atoms with Crippen LogP contribution in [0.2, 0.25) is 0 Å². The molecule has 0 aliphatic heterocycles. The van der Waals surface area contributed by atoms with Crippen LogP contribution in [0, 0.1) is 13.8 Å². The molecule has 0 heterocycles. The van der Waals surface area contributed by atoms with E-state index < -0.39 is 10.0 Å². The van der Waals surface area contributed by atoms with Crippen LogP contribution in [0.25, 0.3) is 0 Å². The molecule has 7 heteroatoms. The van der Waals surface area contributed by atoms with Gasteiger partial charge in [-0.25, -0.2) is 8.42 Å². The molecule has 0 aromatic heterocycles. The molecule has 3 aromatic carbocycles. The minimum Gasteiger partial charge on any atom is -0.483 e. The van der Waals surface area contributed by atoms with Gasteiger partial charge in [-0.3, -0.25) is 9.52 Å². The number of para-hydroxylation sites is 1. The highest BCUT2D eigenvalue weighted by Gasteiger charge is 2.16. The molecule has 3 rings (SSSR count). The first-order valence-electron chi connectivity index (χ1n) is 9.01. The molecule has 0 bridgehead atoms. The summed E-state index contributed by atoms with van der Waals surface area (Å²) >= 11 is 0. The van der Waals surface area contributed by atoms with E-state index in [0.717, 1.165) is 5.56 Å². The highest BCUT2D eigenvalue weighted by molar-refractivity contribution is 7.92. The molecule has 0 saturated heterocycles. The Balaban J connectivity index is 1.64. The standard InChI is InChI=1S/C22H22N2O4S/c1-16-7-6-10-19(13-16)23-22(25)15-28-21-12-11-20(14-17(21)2)29(26,27)24-18-8-4-3-5-9-18/h3-14,24H,15H2,1-2H3,(H,23,25). The molecule has 0 fully saturated rings. The molecule has 6 nitrogen and oxygen atoms in total. The number of sulfonamides is 1. The largest absolute Gasteiger partial charge is 0.483 e. The summed E-state index contributed by atoms with van der Waals surface area (Å²) in [6.07, 6.45) is 0. The van der Waals surface area contributed by atoms with E-state index in [9.17, 15) is 13.2 Å². The molecule has 0 aliphatic rings. The Hall–Kier alpha value is -3.32. The maximum atomic E-state index is 12.5. The van der Waals surface area contributed by atoms with Crippen molar-refractivity contribution in [3.8, 4) is 5.75 Å². The second-order valence-corrected chi connectivity index (χ2v) is 8.29. The number of anilines is 2. The summed E-state index contributed by atoms with van der Waals surface area (Å²) in [7, 11) is -3.71. The number of carbonyl (C=O) groups is 1. The molecule has 29 heavy (non-hydrogen) atoms. The third kappa shape index (κ3) is 5.58. The highest BCUT2D eigenvalue weighted by Crippen LogP contribution is 2.23. The number of ether oxygens (including phenoxy) is 1. The van der Waals surface area contributed by atoms with Crippen molar-refractivity contribution in [2.45, 2.75) is 18.7 Å². The molecule has 0 aliphatic carbocycles. The zero-order chi connectivity index (χ0) is 20.9. The molecule has 2 N–H and O–H groups in total. The number of hydrogen-bond acceptors (Lipinski definition) is 4. The van der Waals surface area contributed by atoms with Crippen LogP contribution >= 0.6 is 0 Å². The summed E-state index contributed by atoms with van der Waals surface area (Å²) in [5.41, 5.74) is 2.84. The fourth-order valence-corrected chi connectivity index (χ4v) is 3.88. The van der Waals surface area contributed by atoms with Crippen molar-refractivity contribution in [3.05, 3.63) is 83.9 Å². The van der Waals surface area contributed by atoms with Gasteiger partial charge in [0.2, 0.25) is 0 Å². The van der Waals surface area contributed by atoms with Crippen molar-refractivity contribution >= 4 is 27.3 Å². The van der Waals surface area contributed by atoms with Crippen LogP contribution in [0.5, 0.6) is 5.75 Å². The molecular formula is C22H22N2O4S. The van der Waals surface area contributed by atoms with Gasteiger partial charge in [0, 0.05) is 11.4 Å². The molecule has 0 radical (unpaired) electrons. The lowest BCUT2D eigenvalue weighted by molar-refractivity contribution is -0.118. The van der Waals surface area contributed by atoms with Gasteiger partial charge < -0.3 is 10.1 Å². The Labute approximate surface area is 170 Å². The average molecular weight is 410 g/mol. The Bertz CT molecular complexity index is 1110. The van der Waals surface area contributed by atoms with E-state index in [1.54, 1.807) is 43.3 Å². The first kappa shape index (κ1) is 20.4. The Morgan fingerprint density at radius 3 is 2.31 bits per heavy atom. The van der Waals surface area contributed by atoms with Crippen LogP contribution in [0.4, 0.5) is 11.4 Å². The quantitative estimate of drug-likeness (QED) is 0.614. The molecule has 0 atom stereocenters. The first-order chi connectivity index (χ1) is 13.8. The fourth-order valence-electron chi connectivity index (χ4n) is 2.73. The van der Waals surface area contributed by atoms with Crippen molar-refractivity contribution in [2.24, 2.45) is 0 Å². The minimum atomic E-state index is -3.71. The smallest absolute Gasteiger partial charge is 0.262 e. The number of benzene rings is 3. The van der Waals surface area contributed by atoms with E-state index in [4.69, 9.17) is 4.74 Å². The lowest BCUT2D eigenvalue weighted by Crippen LogP contribution is -2.20. The average Bonchev–Trinajstić information content (AvgIpc) is 2.67. The van der Waals surface area contributed by atoms with Crippen molar-refractivity contribution in [3.63, 3.8) is 0 Å². The topological polar surface area (TPSA) is 84.5 Å². The monoisotopic (exact) mass is 410 g/mol. The molecule has 1 amide bonds. The number of nitrogens with one attached hydrogen (secondary N) is 2. The van der Waals surface area contributed by atoms with Gasteiger partial charge in [0.1, 0.15) is 5.75 Å². The lowest BCUT2D eigenvalue weighted by atomic mass is 10.2. The van der Waals surface area contributed by atoms with Gasteiger partial charge in [-0.05, 0) is 67.4 Å². The van der Waals surface area contributed by atoms with Gasteiger partial charge in [-0.2, -0.15) is 0 Å². The molecule has 0 unspecified atom stereocenters. The van der Waals surface area contributed by atoms with Gasteiger partial charge in [-0.15, -0.1) is 0 Å². The zero-order valence-corrected chi connectivity index (χ0v) is 17.0. The van der Waals surface area contributed by atoms with Gasteiger partial charge in [0.05, 0.1) is 4.90 Å². The number of hydrogen-bond donors (Lipinski definition) is 2. The maximum absolute atomic E-state index is 12.5. The van der Waals surface area contributed by atoms with Crippen LogP contribution in [-0.4, -0.2) is 20.9 Å². The second kappa shape index (κ2) is 8.79. The minimum absolute atomic E-state index is 0.121. The molecule has 3 aromatic rings. The molecular weight excluding hydrogens is 388 g/mol. The predicted octanol–water partition coefficient (Wildman–Crippen LogP) is 4.12. The normalized spacial score (nSPS) is 11.0. The van der Waals surface area contributed by atoms with Crippen LogP contribution in [0.3, 0.4) is 0 Å². The lowest BCUT2D eigenvalue weighted by Gasteiger charge is -2.12. The van der Waals surface area contributed by atoms with Crippen LogP contribution < -0.4 is 14.8 Å². The number of amides is 1. The Morgan fingerprint density at radius 1 is 0.897 bits per heavy atom. The van der Waals surface area contributed by atoms with Crippen molar-refractivity contribution in [1.82, 2.24) is 0 Å². The number of carbonyl (C=O) groups excluding carboxylic acids is 1. The van der Waals surface area contributed by atoms with Crippen LogP contribution in [0.15, 0.2) is 77.7 Å². The summed E-state index contributed by atoms with van der Waals surface area (Å²) in [6.45, 7) is 3.50. The summed E-state index contributed by atoms with van der Waals surface area (Å²) in [5, 5.41) is 2.77. The summed E-state index contributed by atoms with van der Waals surface area (Å²) < 4.78 is 33.2. The fraction of sp³-hybridized carbons (Fsp3) is 0.136. The summed E-state index contributed by atoms with van der Waals surface area (Å²) in [6, 6.07) is 20.6. The number of rotatable bonds is 7. The third-order valence-corrected chi connectivity index (χ3v) is 5.52. The van der Waals surface area contributed by atoms with Gasteiger partial charge in [0.25, 0.3) is 15.9 Å². The zero-order valence-electron chi connectivity index (χ0n) is 16.2. The summed E-state index contributed by atoms with van der Waals surface area (Å²) in [4.78, 5) is 12.2. The predicted molar refractivity (Wildman–Crippen MR) is 114 cm³/mol. The molecule has 150 valence electrons. The van der Waals surface area contributed by atoms with Gasteiger partial charge >= 0.3 is 0 Å². The first-order valence-corrected chi connectivity index (χ1v) is 10.5. The maximum Gasteiger partial charge on any atom is 0.262 e. The van der Waals surface area contributed by atoms with Gasteiger partial charge in [0.15, 0.2) is 6.61 Å².